The van der Waals surface area contributed by atoms with Crippen LogP contribution in [0.3, 0.4) is 0 Å². The average Bonchev–Trinajstić information content (AvgIpc) is 2.69. The van der Waals surface area contributed by atoms with Gasteiger partial charge in [-0.2, -0.15) is 0 Å². The number of rotatable bonds is 8. The number of nitrogens with zero attached hydrogens (tertiary/aromatic N) is 1. The van der Waals surface area contributed by atoms with Crippen LogP contribution < -0.4 is 14.8 Å². The zero-order valence-corrected chi connectivity index (χ0v) is 18.7. The smallest absolute Gasteiger partial charge is 0.180 e. The summed E-state index contributed by atoms with van der Waals surface area (Å²) in [6.07, 6.45) is 3.62. The minimum absolute atomic E-state index is 0. The molecular formula is C22H25Cl3N2O2. The molecule has 2 aromatic carbocycles. The highest BCUT2D eigenvalue weighted by Crippen LogP contribution is 2.37. The van der Waals surface area contributed by atoms with Crippen LogP contribution in [0.1, 0.15) is 22.3 Å². The summed E-state index contributed by atoms with van der Waals surface area (Å²) in [6, 6.07) is 16.0. The van der Waals surface area contributed by atoms with E-state index in [2.05, 4.69) is 29.4 Å². The van der Waals surface area contributed by atoms with E-state index in [4.69, 9.17) is 21.1 Å². The summed E-state index contributed by atoms with van der Waals surface area (Å²) < 4.78 is 11.4. The van der Waals surface area contributed by atoms with Crippen molar-refractivity contribution in [1.29, 1.82) is 0 Å². The lowest BCUT2D eigenvalue weighted by Gasteiger charge is -2.15. The van der Waals surface area contributed by atoms with Crippen LogP contribution in [0, 0.1) is 6.92 Å². The summed E-state index contributed by atoms with van der Waals surface area (Å²) in [5, 5.41) is 3.93. The Morgan fingerprint density at radius 2 is 1.69 bits per heavy atom. The lowest BCUT2D eigenvalue weighted by molar-refractivity contribution is 0.284. The van der Waals surface area contributed by atoms with Gasteiger partial charge in [0.25, 0.3) is 0 Å². The van der Waals surface area contributed by atoms with Gasteiger partial charge in [0.1, 0.15) is 6.61 Å². The van der Waals surface area contributed by atoms with Gasteiger partial charge in [0, 0.05) is 25.5 Å². The monoisotopic (exact) mass is 454 g/mol. The summed E-state index contributed by atoms with van der Waals surface area (Å²) in [5.41, 5.74) is 4.47. The van der Waals surface area contributed by atoms with Gasteiger partial charge in [-0.15, -0.1) is 24.8 Å². The molecule has 0 saturated heterocycles. The Hall–Kier alpha value is -1.98. The van der Waals surface area contributed by atoms with Gasteiger partial charge in [0.15, 0.2) is 11.5 Å². The van der Waals surface area contributed by atoms with Gasteiger partial charge >= 0.3 is 0 Å². The second-order valence-electron chi connectivity index (χ2n) is 6.35. The second-order valence-corrected chi connectivity index (χ2v) is 6.76. The number of halogens is 3. The first-order valence-electron chi connectivity index (χ1n) is 8.80. The number of benzene rings is 2. The molecule has 0 aliphatic heterocycles. The number of hydrogen-bond donors (Lipinski definition) is 1. The number of nitrogens with one attached hydrogen (secondary N) is 1. The van der Waals surface area contributed by atoms with Crippen molar-refractivity contribution in [3.63, 3.8) is 0 Å². The van der Waals surface area contributed by atoms with Gasteiger partial charge < -0.3 is 14.8 Å². The van der Waals surface area contributed by atoms with Crippen molar-refractivity contribution in [3.8, 4) is 11.5 Å². The van der Waals surface area contributed by atoms with Crippen LogP contribution in [0.25, 0.3) is 0 Å². The van der Waals surface area contributed by atoms with Gasteiger partial charge in [0.05, 0.1) is 12.1 Å². The fourth-order valence-electron chi connectivity index (χ4n) is 2.71. The van der Waals surface area contributed by atoms with Crippen LogP contribution in [0.5, 0.6) is 11.5 Å². The number of hydrogen-bond acceptors (Lipinski definition) is 4. The molecule has 0 saturated carbocycles. The van der Waals surface area contributed by atoms with E-state index in [1.54, 1.807) is 13.3 Å². The molecule has 3 rings (SSSR count). The highest BCUT2D eigenvalue weighted by molar-refractivity contribution is 6.32. The molecule has 0 bridgehead atoms. The minimum Gasteiger partial charge on any atom is -0.493 e. The highest BCUT2D eigenvalue weighted by Gasteiger charge is 2.12. The average molecular weight is 456 g/mol. The fourth-order valence-corrected chi connectivity index (χ4v) is 3.00. The van der Waals surface area contributed by atoms with Crippen molar-refractivity contribution >= 4 is 36.4 Å². The molecule has 7 heteroatoms. The molecule has 156 valence electrons. The van der Waals surface area contributed by atoms with Gasteiger partial charge in [0.2, 0.25) is 0 Å². The van der Waals surface area contributed by atoms with E-state index in [0.29, 0.717) is 29.7 Å². The maximum absolute atomic E-state index is 6.46. The molecular weight excluding hydrogens is 431 g/mol. The summed E-state index contributed by atoms with van der Waals surface area (Å²) in [6.45, 7) is 3.91. The van der Waals surface area contributed by atoms with Gasteiger partial charge in [-0.3, -0.25) is 4.98 Å². The second kappa shape index (κ2) is 12.6. The molecule has 1 N–H and O–H groups in total. The standard InChI is InChI=1S/C22H23ClN2O2.2ClH/c1-16-5-7-17(8-6-16)15-27-22-20(23)10-19(11-21(22)26-2)14-25-13-18-4-3-9-24-12-18;;/h3-12,25H,13-15H2,1-2H3;2*1H. The normalized spacial score (nSPS) is 9.90. The molecule has 0 aliphatic rings. The van der Waals surface area contributed by atoms with Crippen molar-refractivity contribution in [2.45, 2.75) is 26.6 Å². The van der Waals surface area contributed by atoms with Gasteiger partial charge in [-0.25, -0.2) is 0 Å². The van der Waals surface area contributed by atoms with Crippen LogP contribution in [0.2, 0.25) is 5.02 Å². The van der Waals surface area contributed by atoms with Crippen molar-refractivity contribution in [2.24, 2.45) is 0 Å². The van der Waals surface area contributed by atoms with E-state index in [0.717, 1.165) is 23.2 Å². The molecule has 0 fully saturated rings. The minimum atomic E-state index is 0. The lowest BCUT2D eigenvalue weighted by atomic mass is 10.1. The van der Waals surface area contributed by atoms with Crippen LogP contribution in [0.4, 0.5) is 0 Å². The quantitative estimate of drug-likeness (QED) is 0.468. The van der Waals surface area contributed by atoms with Crippen molar-refractivity contribution in [1.82, 2.24) is 10.3 Å². The largest absolute Gasteiger partial charge is 0.493 e. The third-order valence-corrected chi connectivity index (χ3v) is 4.45. The first-order valence-corrected chi connectivity index (χ1v) is 9.18. The number of pyridine rings is 1. The SMILES string of the molecule is COc1cc(CNCc2cccnc2)cc(Cl)c1OCc1ccc(C)cc1.Cl.Cl. The molecule has 1 heterocycles. The molecule has 0 amide bonds. The first-order chi connectivity index (χ1) is 13.2. The molecule has 3 aromatic rings. The number of methoxy groups -OCH3 is 1. The molecule has 0 spiro atoms. The Morgan fingerprint density at radius 3 is 2.34 bits per heavy atom. The van der Waals surface area contributed by atoms with Crippen LogP contribution in [-0.4, -0.2) is 12.1 Å². The van der Waals surface area contributed by atoms with Crippen LogP contribution in [-0.2, 0) is 19.7 Å². The first kappa shape index (κ1) is 25.1. The Balaban J connectivity index is 0.00000210. The van der Waals surface area contributed by atoms with Crippen LogP contribution in [0.15, 0.2) is 60.9 Å². The van der Waals surface area contributed by atoms with E-state index >= 15 is 0 Å². The zero-order chi connectivity index (χ0) is 19.1. The van der Waals surface area contributed by atoms with E-state index < -0.39 is 0 Å². The van der Waals surface area contributed by atoms with Crippen molar-refractivity contribution < 1.29 is 9.47 Å². The molecule has 0 unspecified atom stereocenters. The maximum Gasteiger partial charge on any atom is 0.180 e. The Kier molecular flexibility index (Phi) is 10.8. The molecule has 0 aliphatic carbocycles. The van der Waals surface area contributed by atoms with E-state index in [1.807, 2.05) is 42.6 Å². The lowest BCUT2D eigenvalue weighted by Crippen LogP contribution is -2.13. The highest BCUT2D eigenvalue weighted by atomic mass is 35.5. The third-order valence-electron chi connectivity index (χ3n) is 4.17. The number of aryl methyl sites for hydroxylation is 1. The Bertz CT molecular complexity index is 875. The van der Waals surface area contributed by atoms with E-state index in [1.165, 1.54) is 5.56 Å². The Morgan fingerprint density at radius 1 is 0.966 bits per heavy atom. The predicted octanol–water partition coefficient (Wildman–Crippen LogP) is 5.76. The van der Waals surface area contributed by atoms with Gasteiger partial charge in [-0.05, 0) is 41.8 Å². The fraction of sp³-hybridized carbons (Fsp3) is 0.227. The molecule has 1 aromatic heterocycles. The van der Waals surface area contributed by atoms with Crippen molar-refractivity contribution in [3.05, 3.63) is 88.2 Å². The van der Waals surface area contributed by atoms with Crippen molar-refractivity contribution in [2.75, 3.05) is 7.11 Å². The van der Waals surface area contributed by atoms with E-state index in [-0.39, 0.29) is 24.8 Å². The molecule has 0 radical (unpaired) electrons. The summed E-state index contributed by atoms with van der Waals surface area (Å²) >= 11 is 6.46. The summed E-state index contributed by atoms with van der Waals surface area (Å²) in [4.78, 5) is 4.12. The van der Waals surface area contributed by atoms with Crippen LogP contribution >= 0.6 is 36.4 Å². The van der Waals surface area contributed by atoms with Gasteiger partial charge in [-0.1, -0.05) is 47.5 Å². The molecule has 4 nitrogen and oxygen atoms in total. The Labute approximate surface area is 189 Å². The topological polar surface area (TPSA) is 43.4 Å². The maximum atomic E-state index is 6.46. The van der Waals surface area contributed by atoms with E-state index in [9.17, 15) is 0 Å². The number of aromatic nitrogens is 1. The predicted molar refractivity (Wildman–Crippen MR) is 123 cm³/mol. The molecule has 29 heavy (non-hydrogen) atoms. The summed E-state index contributed by atoms with van der Waals surface area (Å²) in [7, 11) is 1.62. The number of ether oxygens (including phenoxy) is 2. The zero-order valence-electron chi connectivity index (χ0n) is 16.4. The summed E-state index contributed by atoms with van der Waals surface area (Å²) in [5.74, 6) is 1.20. The molecule has 0 atom stereocenters. The third kappa shape index (κ3) is 7.41.